The second kappa shape index (κ2) is 6.05. The highest BCUT2D eigenvalue weighted by Crippen LogP contribution is 2.24. The average Bonchev–Trinajstić information content (AvgIpc) is 2.64. The standard InChI is InChI=1S/C15H23N5/c1-11(16)9-14-12(2)18-20(4)15(14)19(3)10-13-5-7-17-8-6-13/h5-8,11H,9-10,16H2,1-4H3. The maximum atomic E-state index is 5.96. The van der Waals surface area contributed by atoms with Gasteiger partial charge in [-0.05, 0) is 38.0 Å². The number of nitrogens with zero attached hydrogens (tertiary/aromatic N) is 4. The Morgan fingerprint density at radius 1 is 1.35 bits per heavy atom. The fourth-order valence-corrected chi connectivity index (χ4v) is 2.57. The van der Waals surface area contributed by atoms with E-state index >= 15 is 0 Å². The van der Waals surface area contributed by atoms with Gasteiger partial charge in [0.25, 0.3) is 0 Å². The Bertz CT molecular complexity index is 559. The van der Waals surface area contributed by atoms with Crippen LogP contribution in [-0.4, -0.2) is 27.9 Å². The zero-order valence-electron chi connectivity index (χ0n) is 12.7. The van der Waals surface area contributed by atoms with E-state index in [-0.39, 0.29) is 6.04 Å². The van der Waals surface area contributed by atoms with E-state index in [1.165, 1.54) is 11.1 Å². The lowest BCUT2D eigenvalue weighted by atomic mass is 10.1. The number of anilines is 1. The van der Waals surface area contributed by atoms with E-state index in [9.17, 15) is 0 Å². The topological polar surface area (TPSA) is 60.0 Å². The SMILES string of the molecule is Cc1nn(C)c(N(C)Cc2ccncc2)c1CC(C)N. The molecule has 0 aliphatic rings. The number of aryl methyl sites for hydroxylation is 2. The van der Waals surface area contributed by atoms with E-state index < -0.39 is 0 Å². The van der Waals surface area contributed by atoms with Gasteiger partial charge in [0, 0.05) is 44.6 Å². The van der Waals surface area contributed by atoms with Gasteiger partial charge in [-0.25, -0.2) is 0 Å². The molecule has 2 rings (SSSR count). The normalized spacial score (nSPS) is 12.4. The first-order valence-corrected chi connectivity index (χ1v) is 6.87. The molecule has 1 atom stereocenters. The summed E-state index contributed by atoms with van der Waals surface area (Å²) in [6.07, 6.45) is 4.48. The largest absolute Gasteiger partial charge is 0.355 e. The molecule has 0 spiro atoms. The third-order valence-electron chi connectivity index (χ3n) is 3.37. The van der Waals surface area contributed by atoms with Crippen LogP contribution in [0, 0.1) is 6.92 Å². The van der Waals surface area contributed by atoms with E-state index in [4.69, 9.17) is 5.73 Å². The summed E-state index contributed by atoms with van der Waals surface area (Å²) in [5, 5.41) is 4.53. The molecule has 2 heterocycles. The Morgan fingerprint density at radius 2 is 2.00 bits per heavy atom. The Balaban J connectivity index is 2.27. The van der Waals surface area contributed by atoms with Gasteiger partial charge in [0.1, 0.15) is 5.82 Å². The van der Waals surface area contributed by atoms with Gasteiger partial charge >= 0.3 is 0 Å². The Hall–Kier alpha value is -1.88. The Morgan fingerprint density at radius 3 is 2.60 bits per heavy atom. The second-order valence-corrected chi connectivity index (χ2v) is 5.40. The molecule has 1 unspecified atom stereocenters. The van der Waals surface area contributed by atoms with E-state index in [0.29, 0.717) is 0 Å². The van der Waals surface area contributed by atoms with E-state index in [1.54, 1.807) is 0 Å². The van der Waals surface area contributed by atoms with Crippen LogP contribution in [0.15, 0.2) is 24.5 Å². The molecular weight excluding hydrogens is 250 g/mol. The van der Waals surface area contributed by atoms with Crippen LogP contribution in [0.1, 0.15) is 23.7 Å². The quantitative estimate of drug-likeness (QED) is 0.900. The van der Waals surface area contributed by atoms with Crippen molar-refractivity contribution in [1.29, 1.82) is 0 Å². The number of nitrogens with two attached hydrogens (primary N) is 1. The summed E-state index contributed by atoms with van der Waals surface area (Å²) in [5.74, 6) is 1.14. The van der Waals surface area contributed by atoms with Crippen LogP contribution in [0.25, 0.3) is 0 Å². The Labute approximate surface area is 120 Å². The lowest BCUT2D eigenvalue weighted by Crippen LogP contribution is -2.23. The van der Waals surface area contributed by atoms with Gasteiger partial charge in [0.15, 0.2) is 0 Å². The van der Waals surface area contributed by atoms with Crippen molar-refractivity contribution in [2.24, 2.45) is 12.8 Å². The molecule has 0 radical (unpaired) electrons. The summed E-state index contributed by atoms with van der Waals surface area (Å²) >= 11 is 0. The van der Waals surface area contributed by atoms with Crippen LogP contribution < -0.4 is 10.6 Å². The minimum absolute atomic E-state index is 0.131. The highest BCUT2D eigenvalue weighted by molar-refractivity contribution is 5.50. The van der Waals surface area contributed by atoms with E-state index in [0.717, 1.165) is 24.5 Å². The minimum atomic E-state index is 0.131. The highest BCUT2D eigenvalue weighted by Gasteiger charge is 2.18. The monoisotopic (exact) mass is 273 g/mol. The van der Waals surface area contributed by atoms with Crippen LogP contribution in [0.3, 0.4) is 0 Å². The van der Waals surface area contributed by atoms with Crippen molar-refractivity contribution in [1.82, 2.24) is 14.8 Å². The molecule has 0 aliphatic heterocycles. The molecule has 5 nitrogen and oxygen atoms in total. The first-order valence-electron chi connectivity index (χ1n) is 6.87. The van der Waals surface area contributed by atoms with Gasteiger partial charge in [-0.1, -0.05) is 0 Å². The number of hydrogen-bond donors (Lipinski definition) is 1. The van der Waals surface area contributed by atoms with Crippen LogP contribution >= 0.6 is 0 Å². The summed E-state index contributed by atoms with van der Waals surface area (Å²) in [6, 6.07) is 4.20. The molecule has 2 N–H and O–H groups in total. The van der Waals surface area contributed by atoms with Crippen LogP contribution in [0.2, 0.25) is 0 Å². The maximum Gasteiger partial charge on any atom is 0.130 e. The molecule has 0 aromatic carbocycles. The molecule has 2 aromatic rings. The van der Waals surface area contributed by atoms with Gasteiger partial charge in [-0.2, -0.15) is 5.10 Å². The zero-order valence-corrected chi connectivity index (χ0v) is 12.7. The molecular formula is C15H23N5. The Kier molecular flexibility index (Phi) is 4.39. The lowest BCUT2D eigenvalue weighted by molar-refractivity contribution is 0.715. The predicted octanol–water partition coefficient (Wildman–Crippen LogP) is 1.65. The average molecular weight is 273 g/mol. The first kappa shape index (κ1) is 14.5. The molecule has 0 saturated heterocycles. The van der Waals surface area contributed by atoms with Crippen molar-refractivity contribution in [3.63, 3.8) is 0 Å². The molecule has 0 bridgehead atoms. The first-order chi connectivity index (χ1) is 9.49. The summed E-state index contributed by atoms with van der Waals surface area (Å²) in [7, 11) is 4.07. The van der Waals surface area contributed by atoms with Crippen LogP contribution in [-0.2, 0) is 20.0 Å². The molecule has 20 heavy (non-hydrogen) atoms. The van der Waals surface area contributed by atoms with Crippen molar-refractivity contribution in [3.05, 3.63) is 41.3 Å². The summed E-state index contributed by atoms with van der Waals surface area (Å²) in [5.41, 5.74) is 9.48. The number of rotatable bonds is 5. The van der Waals surface area contributed by atoms with Crippen molar-refractivity contribution >= 4 is 5.82 Å². The van der Waals surface area contributed by atoms with Crippen LogP contribution in [0.5, 0.6) is 0 Å². The molecule has 5 heteroatoms. The second-order valence-electron chi connectivity index (χ2n) is 5.40. The third kappa shape index (κ3) is 3.17. The van der Waals surface area contributed by atoms with Gasteiger partial charge in [-0.15, -0.1) is 0 Å². The van der Waals surface area contributed by atoms with Crippen molar-refractivity contribution in [3.8, 4) is 0 Å². The van der Waals surface area contributed by atoms with Crippen LogP contribution in [0.4, 0.5) is 5.82 Å². The highest BCUT2D eigenvalue weighted by atomic mass is 15.4. The molecule has 108 valence electrons. The van der Waals surface area contributed by atoms with Gasteiger partial charge in [0.05, 0.1) is 5.69 Å². The van der Waals surface area contributed by atoms with Gasteiger partial charge in [-0.3, -0.25) is 9.67 Å². The van der Waals surface area contributed by atoms with Gasteiger partial charge < -0.3 is 10.6 Å². The molecule has 2 aromatic heterocycles. The number of aromatic nitrogens is 3. The molecule has 0 saturated carbocycles. The van der Waals surface area contributed by atoms with Gasteiger partial charge in [0.2, 0.25) is 0 Å². The fourth-order valence-electron chi connectivity index (χ4n) is 2.57. The summed E-state index contributed by atoms with van der Waals surface area (Å²) in [6.45, 7) is 4.90. The molecule has 0 aliphatic carbocycles. The van der Waals surface area contributed by atoms with E-state index in [1.807, 2.05) is 50.1 Å². The predicted molar refractivity (Wildman–Crippen MR) is 81.6 cm³/mol. The summed E-state index contributed by atoms with van der Waals surface area (Å²) in [4.78, 5) is 6.27. The summed E-state index contributed by atoms with van der Waals surface area (Å²) < 4.78 is 1.94. The lowest BCUT2D eigenvalue weighted by Gasteiger charge is -2.21. The smallest absolute Gasteiger partial charge is 0.130 e. The third-order valence-corrected chi connectivity index (χ3v) is 3.37. The van der Waals surface area contributed by atoms with Crippen molar-refractivity contribution < 1.29 is 0 Å². The molecule has 0 amide bonds. The fraction of sp³-hybridized carbons (Fsp3) is 0.467. The van der Waals surface area contributed by atoms with E-state index in [2.05, 4.69) is 22.0 Å². The van der Waals surface area contributed by atoms with Crippen molar-refractivity contribution in [2.45, 2.75) is 32.9 Å². The zero-order chi connectivity index (χ0) is 14.7. The molecule has 0 fully saturated rings. The van der Waals surface area contributed by atoms with Crippen molar-refractivity contribution in [2.75, 3.05) is 11.9 Å². The number of pyridine rings is 1. The maximum absolute atomic E-state index is 5.96. The minimum Gasteiger partial charge on any atom is -0.355 e. The number of hydrogen-bond acceptors (Lipinski definition) is 4.